The highest BCUT2D eigenvalue weighted by molar-refractivity contribution is 5.94. The molecule has 1 unspecified atom stereocenters. The van der Waals surface area contributed by atoms with Gasteiger partial charge in [-0.05, 0) is 41.8 Å². The summed E-state index contributed by atoms with van der Waals surface area (Å²) in [5, 5.41) is 9.93. The van der Waals surface area contributed by atoms with Crippen LogP contribution < -0.4 is 16.0 Å². The number of allylic oxidation sites excluding steroid dienone is 2. The zero-order chi connectivity index (χ0) is 27.7. The van der Waals surface area contributed by atoms with Crippen LogP contribution in [0.25, 0.3) is 6.08 Å². The van der Waals surface area contributed by atoms with Crippen LogP contribution >= 0.6 is 0 Å². The Morgan fingerprint density at radius 3 is 2.24 bits per heavy atom. The number of para-hydroxylation sites is 1. The predicted octanol–water partition coefficient (Wildman–Crippen LogP) is 5.94. The van der Waals surface area contributed by atoms with Crippen molar-refractivity contribution in [2.45, 2.75) is 31.6 Å². The normalized spacial score (nSPS) is 15.3. The molecule has 3 aromatic carbocycles. The van der Waals surface area contributed by atoms with Crippen molar-refractivity contribution in [3.05, 3.63) is 114 Å². The van der Waals surface area contributed by atoms with E-state index in [1.54, 1.807) is 6.92 Å². The summed E-state index contributed by atoms with van der Waals surface area (Å²) in [6, 6.07) is 26.3. The largest absolute Gasteiger partial charge is 0.490 e. The number of anilines is 2. The molecule has 2 atom stereocenters. The van der Waals surface area contributed by atoms with Crippen molar-refractivity contribution in [1.82, 2.24) is 0 Å². The second-order valence-electron chi connectivity index (χ2n) is 8.60. The second-order valence-corrected chi connectivity index (χ2v) is 8.60. The number of halogens is 3. The number of nitrogens with two attached hydrogens (primary N) is 1. The minimum Gasteiger partial charge on any atom is -0.475 e. The summed E-state index contributed by atoms with van der Waals surface area (Å²) in [6.45, 7) is 2.52. The first-order valence-electron chi connectivity index (χ1n) is 11.8. The first-order valence-corrected chi connectivity index (χ1v) is 11.8. The van der Waals surface area contributed by atoms with Gasteiger partial charge < -0.3 is 21.1 Å². The first kappa shape index (κ1) is 28.2. The lowest BCUT2D eigenvalue weighted by molar-refractivity contribution is -0.192. The molecule has 0 fully saturated rings. The van der Waals surface area contributed by atoms with Crippen LogP contribution in [0.2, 0.25) is 0 Å². The molecule has 9 heteroatoms. The highest BCUT2D eigenvalue weighted by atomic mass is 19.4. The fourth-order valence-electron chi connectivity index (χ4n) is 3.65. The van der Waals surface area contributed by atoms with Gasteiger partial charge in [-0.15, -0.1) is 0 Å². The minimum absolute atomic E-state index is 0.188. The van der Waals surface area contributed by atoms with E-state index < -0.39 is 18.2 Å². The zero-order valence-corrected chi connectivity index (χ0v) is 20.6. The van der Waals surface area contributed by atoms with Gasteiger partial charge in [0.05, 0.1) is 6.04 Å². The number of carboxylic acids is 1. The van der Waals surface area contributed by atoms with E-state index in [-0.39, 0.29) is 11.8 Å². The van der Waals surface area contributed by atoms with E-state index in [1.807, 2.05) is 30.3 Å². The first-order chi connectivity index (χ1) is 18.0. The number of nitrogens with one attached hydrogen (secondary N) is 1. The molecule has 38 heavy (non-hydrogen) atoms. The molecule has 0 bridgehead atoms. The van der Waals surface area contributed by atoms with Crippen LogP contribution in [-0.2, 0) is 16.1 Å². The molecule has 0 aromatic heterocycles. The predicted molar refractivity (Wildman–Crippen MR) is 142 cm³/mol. The minimum atomic E-state index is -5.08. The van der Waals surface area contributed by atoms with Crippen LogP contribution in [-0.4, -0.2) is 29.2 Å². The number of carboxylic acid groups (broad SMARTS) is 1. The fraction of sp³-hybridized carbons (Fsp3) is 0.172. The summed E-state index contributed by atoms with van der Waals surface area (Å²) in [7, 11) is 0. The Morgan fingerprint density at radius 2 is 1.63 bits per heavy atom. The molecule has 0 saturated carbocycles. The van der Waals surface area contributed by atoms with Gasteiger partial charge in [-0.25, -0.2) is 4.79 Å². The maximum absolute atomic E-state index is 11.7. The Bertz CT molecular complexity index is 1290. The SMILES string of the molecule is C[C@@H](N)C(=O)Nc1ccc(/C=C/C2C=CN(Cc3ccccc3)c3ccccc32)cc1.O=C(O)C(F)(F)F. The summed E-state index contributed by atoms with van der Waals surface area (Å²) in [5.41, 5.74) is 11.2. The maximum Gasteiger partial charge on any atom is 0.490 e. The van der Waals surface area contributed by atoms with E-state index in [2.05, 4.69) is 83.2 Å². The summed E-state index contributed by atoms with van der Waals surface area (Å²) in [5.74, 6) is -2.74. The van der Waals surface area contributed by atoms with Crippen LogP contribution in [0.15, 0.2) is 97.2 Å². The van der Waals surface area contributed by atoms with Crippen LogP contribution in [0, 0.1) is 0 Å². The zero-order valence-electron chi connectivity index (χ0n) is 20.6. The number of carbonyl (C=O) groups is 2. The number of nitrogens with zero attached hydrogens (tertiary/aromatic N) is 1. The third-order valence-electron chi connectivity index (χ3n) is 5.60. The Balaban J connectivity index is 0.000000505. The number of hydrogen-bond acceptors (Lipinski definition) is 4. The molecule has 0 aliphatic carbocycles. The molecule has 0 radical (unpaired) electrons. The lowest BCUT2D eigenvalue weighted by Gasteiger charge is -2.29. The molecule has 4 rings (SSSR count). The van der Waals surface area contributed by atoms with E-state index >= 15 is 0 Å². The number of hydrogen-bond donors (Lipinski definition) is 3. The Morgan fingerprint density at radius 1 is 1.03 bits per heavy atom. The van der Waals surface area contributed by atoms with E-state index in [0.717, 1.165) is 17.8 Å². The van der Waals surface area contributed by atoms with Gasteiger partial charge in [0.25, 0.3) is 0 Å². The van der Waals surface area contributed by atoms with Crippen LogP contribution in [0.5, 0.6) is 0 Å². The van der Waals surface area contributed by atoms with Crippen molar-refractivity contribution in [2.24, 2.45) is 5.73 Å². The highest BCUT2D eigenvalue weighted by Crippen LogP contribution is 2.35. The van der Waals surface area contributed by atoms with Crippen LogP contribution in [0.1, 0.15) is 29.5 Å². The smallest absolute Gasteiger partial charge is 0.475 e. The standard InChI is InChI=1S/C27H27N3O.C2HF3O2/c1-20(28)27(31)29-24-15-12-21(13-16-24)11-14-23-17-18-30(19-22-7-3-2-4-8-22)26-10-6-5-9-25(23)26;3-2(4,5)1(6)7/h2-18,20,23H,19,28H2,1H3,(H,29,31);(H,6,7)/b14-11+;/t20-,23?;/m1./s1. The molecule has 0 spiro atoms. The van der Waals surface area contributed by atoms with Crippen molar-refractivity contribution >= 4 is 29.3 Å². The van der Waals surface area contributed by atoms with Gasteiger partial charge in [-0.1, -0.05) is 78.9 Å². The Kier molecular flexibility index (Phi) is 9.45. The number of carbonyl (C=O) groups excluding carboxylic acids is 1. The Labute approximate surface area is 218 Å². The van der Waals surface area contributed by atoms with Crippen molar-refractivity contribution in [3.63, 3.8) is 0 Å². The molecule has 1 aliphatic rings. The third kappa shape index (κ3) is 8.07. The molecule has 1 aliphatic heterocycles. The number of aliphatic carboxylic acids is 1. The van der Waals surface area contributed by atoms with Crippen LogP contribution in [0.3, 0.4) is 0 Å². The molecule has 198 valence electrons. The molecular formula is C29H28F3N3O3. The molecule has 0 saturated heterocycles. The van der Waals surface area contributed by atoms with E-state index in [9.17, 15) is 18.0 Å². The lowest BCUT2D eigenvalue weighted by atomic mass is 9.92. The van der Waals surface area contributed by atoms with Gasteiger partial charge in [0, 0.05) is 30.0 Å². The third-order valence-corrected chi connectivity index (χ3v) is 5.60. The number of fused-ring (bicyclic) bond motifs is 1. The number of benzene rings is 3. The highest BCUT2D eigenvalue weighted by Gasteiger charge is 2.38. The molecule has 6 nitrogen and oxygen atoms in total. The van der Waals surface area contributed by atoms with Crippen molar-refractivity contribution < 1.29 is 27.9 Å². The lowest BCUT2D eigenvalue weighted by Crippen LogP contribution is -2.32. The van der Waals surface area contributed by atoms with Crippen molar-refractivity contribution in [3.8, 4) is 0 Å². The van der Waals surface area contributed by atoms with E-state index in [1.165, 1.54) is 16.8 Å². The quantitative estimate of drug-likeness (QED) is 0.372. The Hall–Kier alpha value is -4.37. The second kappa shape index (κ2) is 12.7. The summed E-state index contributed by atoms with van der Waals surface area (Å²) < 4.78 is 31.7. The number of amides is 1. The summed E-state index contributed by atoms with van der Waals surface area (Å²) in [4.78, 5) is 22.9. The van der Waals surface area contributed by atoms with Gasteiger partial charge in [0.15, 0.2) is 0 Å². The van der Waals surface area contributed by atoms with Crippen LogP contribution in [0.4, 0.5) is 24.5 Å². The molecule has 4 N–H and O–H groups in total. The van der Waals surface area contributed by atoms with E-state index in [0.29, 0.717) is 0 Å². The number of alkyl halides is 3. The monoisotopic (exact) mass is 523 g/mol. The van der Waals surface area contributed by atoms with Crippen molar-refractivity contribution in [1.29, 1.82) is 0 Å². The molecule has 1 amide bonds. The maximum atomic E-state index is 11.7. The van der Waals surface area contributed by atoms with Gasteiger partial charge >= 0.3 is 12.1 Å². The molecule has 3 aromatic rings. The number of rotatable bonds is 6. The van der Waals surface area contributed by atoms with Gasteiger partial charge in [-0.3, -0.25) is 4.79 Å². The summed E-state index contributed by atoms with van der Waals surface area (Å²) in [6.07, 6.45) is 3.66. The molecule has 1 heterocycles. The fourth-order valence-corrected chi connectivity index (χ4v) is 3.65. The average molecular weight is 524 g/mol. The molecular weight excluding hydrogens is 495 g/mol. The van der Waals surface area contributed by atoms with Crippen molar-refractivity contribution in [2.75, 3.05) is 10.2 Å². The van der Waals surface area contributed by atoms with E-state index in [4.69, 9.17) is 15.6 Å². The summed E-state index contributed by atoms with van der Waals surface area (Å²) >= 11 is 0. The average Bonchev–Trinajstić information content (AvgIpc) is 2.89. The van der Waals surface area contributed by atoms with Gasteiger partial charge in [0.2, 0.25) is 5.91 Å². The topological polar surface area (TPSA) is 95.7 Å². The van der Waals surface area contributed by atoms with Gasteiger partial charge in [-0.2, -0.15) is 13.2 Å². The van der Waals surface area contributed by atoms with Gasteiger partial charge in [0.1, 0.15) is 0 Å².